The molecule has 1 aromatic carbocycles. The van der Waals surface area contributed by atoms with Crippen LogP contribution in [0.15, 0.2) is 23.2 Å². The minimum absolute atomic E-state index is 0.0225. The van der Waals surface area contributed by atoms with Gasteiger partial charge in [-0.25, -0.2) is 9.97 Å². The van der Waals surface area contributed by atoms with Gasteiger partial charge in [0.2, 0.25) is 0 Å². The van der Waals surface area contributed by atoms with Gasteiger partial charge in [0.05, 0.1) is 14.2 Å². The Morgan fingerprint density at radius 2 is 1.93 bits per heavy atom. The van der Waals surface area contributed by atoms with Gasteiger partial charge in [-0.05, 0) is 24.1 Å². The first-order valence-corrected chi connectivity index (χ1v) is 8.15. The first-order chi connectivity index (χ1) is 12.8. The molecule has 144 valence electrons. The lowest BCUT2D eigenvalue weighted by Crippen LogP contribution is -2.25. The molecule has 27 heavy (non-hydrogen) atoms. The van der Waals surface area contributed by atoms with Crippen LogP contribution in [0.4, 0.5) is 11.6 Å². The Labute approximate surface area is 160 Å². The predicted octanol–water partition coefficient (Wildman–Crippen LogP) is 0.798. The summed E-state index contributed by atoms with van der Waals surface area (Å²) >= 11 is 6.06. The summed E-state index contributed by atoms with van der Waals surface area (Å²) in [5, 5.41) is 3.00. The number of guanidine groups is 1. The second-order valence-electron chi connectivity index (χ2n) is 5.30. The standard InChI is InChI=1S/C16H20ClN7O3/c1-26-9-4-3-8(7-10(9)27-2)5-6-21-14-12(17)22-11(13(18)23-14)15(25)24-16(19)20/h3-4,7H,5-6H2,1-2H3,(H3,18,21,23)(H4,19,20,24,25). The molecular weight excluding hydrogens is 374 g/mol. The van der Waals surface area contributed by atoms with Crippen LogP contribution in [0.5, 0.6) is 11.5 Å². The number of nitrogens with one attached hydrogen (secondary N) is 1. The van der Waals surface area contributed by atoms with E-state index in [0.717, 1.165) is 5.56 Å². The summed E-state index contributed by atoms with van der Waals surface area (Å²) in [6.07, 6.45) is 0.646. The fraction of sp³-hybridized carbons (Fsp3) is 0.250. The number of anilines is 2. The highest BCUT2D eigenvalue weighted by molar-refractivity contribution is 6.32. The topological polar surface area (TPSA) is 164 Å². The molecule has 1 heterocycles. The summed E-state index contributed by atoms with van der Waals surface area (Å²) in [5.74, 6) is 0.170. The van der Waals surface area contributed by atoms with Crippen molar-refractivity contribution < 1.29 is 14.3 Å². The van der Waals surface area contributed by atoms with E-state index in [0.29, 0.717) is 24.5 Å². The van der Waals surface area contributed by atoms with E-state index in [-0.39, 0.29) is 22.5 Å². The fourth-order valence-electron chi connectivity index (χ4n) is 2.23. The van der Waals surface area contributed by atoms with Crippen molar-refractivity contribution in [1.29, 1.82) is 0 Å². The second kappa shape index (κ2) is 8.90. The van der Waals surface area contributed by atoms with Gasteiger partial charge in [-0.2, -0.15) is 4.99 Å². The fourth-order valence-corrected chi connectivity index (χ4v) is 2.42. The van der Waals surface area contributed by atoms with E-state index < -0.39 is 11.9 Å². The monoisotopic (exact) mass is 393 g/mol. The Morgan fingerprint density at radius 1 is 1.22 bits per heavy atom. The smallest absolute Gasteiger partial charge is 0.302 e. The Bertz CT molecular complexity index is 869. The second-order valence-corrected chi connectivity index (χ2v) is 5.66. The molecule has 2 rings (SSSR count). The Balaban J connectivity index is 2.07. The molecule has 0 radical (unpaired) electrons. The molecule has 0 saturated carbocycles. The molecule has 1 aromatic heterocycles. The molecule has 0 aliphatic rings. The summed E-state index contributed by atoms with van der Waals surface area (Å²) in [5.41, 5.74) is 16.9. The summed E-state index contributed by atoms with van der Waals surface area (Å²) in [7, 11) is 3.15. The van der Waals surface area contributed by atoms with Crippen LogP contribution in [0, 0.1) is 0 Å². The third-order valence-corrected chi connectivity index (χ3v) is 3.73. The van der Waals surface area contributed by atoms with E-state index in [1.807, 2.05) is 18.2 Å². The van der Waals surface area contributed by atoms with Crippen LogP contribution in [-0.2, 0) is 6.42 Å². The highest BCUT2D eigenvalue weighted by atomic mass is 35.5. The van der Waals surface area contributed by atoms with Crippen LogP contribution in [-0.4, -0.2) is 42.6 Å². The number of amides is 1. The minimum Gasteiger partial charge on any atom is -0.493 e. The highest BCUT2D eigenvalue weighted by Crippen LogP contribution is 2.28. The van der Waals surface area contributed by atoms with Crippen LogP contribution in [0.2, 0.25) is 5.15 Å². The Morgan fingerprint density at radius 3 is 2.56 bits per heavy atom. The molecule has 0 unspecified atom stereocenters. The number of benzene rings is 1. The van der Waals surface area contributed by atoms with Gasteiger partial charge in [0.15, 0.2) is 39.9 Å². The van der Waals surface area contributed by atoms with Gasteiger partial charge in [-0.15, -0.1) is 0 Å². The van der Waals surface area contributed by atoms with Gasteiger partial charge in [-0.1, -0.05) is 17.7 Å². The normalized spacial score (nSPS) is 10.2. The lowest BCUT2D eigenvalue weighted by atomic mass is 10.1. The average Bonchev–Trinajstić information content (AvgIpc) is 2.63. The number of nitrogen functional groups attached to an aromatic ring is 1. The molecule has 0 aliphatic carbocycles. The number of methoxy groups -OCH3 is 2. The number of aromatic nitrogens is 2. The quantitative estimate of drug-likeness (QED) is 0.393. The molecule has 0 spiro atoms. The average molecular weight is 394 g/mol. The van der Waals surface area contributed by atoms with Gasteiger partial charge < -0.3 is 32.0 Å². The third-order valence-electron chi connectivity index (χ3n) is 3.47. The number of hydrogen-bond acceptors (Lipinski definition) is 7. The first-order valence-electron chi connectivity index (χ1n) is 7.77. The predicted molar refractivity (Wildman–Crippen MR) is 103 cm³/mol. The van der Waals surface area contributed by atoms with Crippen molar-refractivity contribution >= 4 is 35.1 Å². The van der Waals surface area contributed by atoms with Crippen molar-refractivity contribution in [2.45, 2.75) is 6.42 Å². The first kappa shape index (κ1) is 20.0. The van der Waals surface area contributed by atoms with E-state index in [2.05, 4.69) is 20.3 Å². The van der Waals surface area contributed by atoms with E-state index in [1.54, 1.807) is 14.2 Å². The maximum absolute atomic E-state index is 11.8. The van der Waals surface area contributed by atoms with E-state index >= 15 is 0 Å². The molecular formula is C16H20ClN7O3. The number of nitrogens with zero attached hydrogens (tertiary/aromatic N) is 3. The zero-order valence-electron chi connectivity index (χ0n) is 14.8. The maximum atomic E-state index is 11.8. The van der Waals surface area contributed by atoms with Crippen LogP contribution in [0.3, 0.4) is 0 Å². The van der Waals surface area contributed by atoms with Crippen molar-refractivity contribution in [3.8, 4) is 11.5 Å². The van der Waals surface area contributed by atoms with Gasteiger partial charge in [0.25, 0.3) is 0 Å². The summed E-state index contributed by atoms with van der Waals surface area (Å²) < 4.78 is 10.5. The summed E-state index contributed by atoms with van der Waals surface area (Å²) in [6.45, 7) is 0.491. The van der Waals surface area contributed by atoms with Gasteiger partial charge in [0.1, 0.15) is 0 Å². The number of nitrogens with two attached hydrogens (primary N) is 3. The van der Waals surface area contributed by atoms with E-state index in [9.17, 15) is 4.79 Å². The lowest BCUT2D eigenvalue weighted by Gasteiger charge is -2.11. The molecule has 10 nitrogen and oxygen atoms in total. The van der Waals surface area contributed by atoms with Crippen molar-refractivity contribution in [3.05, 3.63) is 34.6 Å². The number of hydrogen-bond donors (Lipinski definition) is 4. The number of ether oxygens (including phenoxy) is 2. The molecule has 0 aliphatic heterocycles. The number of carbonyl (C=O) groups is 1. The molecule has 1 amide bonds. The van der Waals surface area contributed by atoms with Crippen molar-refractivity contribution in [1.82, 2.24) is 9.97 Å². The van der Waals surface area contributed by atoms with Crippen molar-refractivity contribution in [2.75, 3.05) is 31.8 Å². The molecule has 0 fully saturated rings. The van der Waals surface area contributed by atoms with E-state index in [1.165, 1.54) is 0 Å². The van der Waals surface area contributed by atoms with Gasteiger partial charge in [0, 0.05) is 6.54 Å². The van der Waals surface area contributed by atoms with Crippen LogP contribution in [0.1, 0.15) is 16.1 Å². The minimum atomic E-state index is -0.821. The third kappa shape index (κ3) is 5.11. The largest absolute Gasteiger partial charge is 0.493 e. The van der Waals surface area contributed by atoms with Crippen LogP contribution in [0.25, 0.3) is 0 Å². The summed E-state index contributed by atoms with van der Waals surface area (Å²) in [4.78, 5) is 23.1. The molecule has 7 N–H and O–H groups in total. The molecule has 0 atom stereocenters. The van der Waals surface area contributed by atoms with Gasteiger partial charge in [-0.3, -0.25) is 4.79 Å². The molecule has 0 saturated heterocycles. The highest BCUT2D eigenvalue weighted by Gasteiger charge is 2.16. The zero-order valence-corrected chi connectivity index (χ0v) is 15.6. The van der Waals surface area contributed by atoms with Crippen LogP contribution >= 0.6 is 11.6 Å². The number of carbonyl (C=O) groups excluding carboxylic acids is 1. The lowest BCUT2D eigenvalue weighted by molar-refractivity contribution is 0.0998. The molecule has 0 bridgehead atoms. The maximum Gasteiger partial charge on any atom is 0.302 e. The van der Waals surface area contributed by atoms with Crippen molar-refractivity contribution in [3.63, 3.8) is 0 Å². The van der Waals surface area contributed by atoms with Crippen LogP contribution < -0.4 is 32.0 Å². The molecule has 2 aromatic rings. The van der Waals surface area contributed by atoms with Crippen molar-refractivity contribution in [2.24, 2.45) is 16.5 Å². The Hall–Kier alpha value is -3.27. The van der Waals surface area contributed by atoms with Gasteiger partial charge >= 0.3 is 5.91 Å². The zero-order chi connectivity index (χ0) is 20.0. The number of rotatable bonds is 7. The Kier molecular flexibility index (Phi) is 6.61. The number of halogens is 1. The SMILES string of the molecule is COc1ccc(CCNc2nc(N)c(C(=O)N=C(N)N)nc2Cl)cc1OC. The molecule has 11 heteroatoms. The summed E-state index contributed by atoms with van der Waals surface area (Å²) in [6, 6.07) is 5.61. The van der Waals surface area contributed by atoms with E-state index in [4.69, 9.17) is 38.3 Å². The number of aliphatic imine (C=N–C) groups is 1.